The molecule has 1 atom stereocenters. The topological polar surface area (TPSA) is 41.5 Å². The van der Waals surface area contributed by atoms with E-state index < -0.39 is 0 Å². The Morgan fingerprint density at radius 2 is 2.26 bits per heavy atom. The van der Waals surface area contributed by atoms with Crippen molar-refractivity contribution in [2.75, 3.05) is 19.8 Å². The number of rotatable bonds is 7. The van der Waals surface area contributed by atoms with Crippen molar-refractivity contribution in [3.05, 3.63) is 29.3 Å². The molecule has 1 aromatic carbocycles. The Labute approximate surface area is 116 Å². The van der Waals surface area contributed by atoms with Crippen LogP contribution in [0.25, 0.3) is 0 Å². The molecule has 106 valence electrons. The van der Waals surface area contributed by atoms with Gasteiger partial charge in [-0.1, -0.05) is 19.1 Å². The summed E-state index contributed by atoms with van der Waals surface area (Å²) in [6.07, 6.45) is 5.29. The summed E-state index contributed by atoms with van der Waals surface area (Å²) in [5.41, 5.74) is 2.79. The predicted octanol–water partition coefficient (Wildman–Crippen LogP) is 2.82. The summed E-state index contributed by atoms with van der Waals surface area (Å²) < 4.78 is 5.89. The van der Waals surface area contributed by atoms with Crippen LogP contribution in [-0.4, -0.2) is 24.9 Å². The fourth-order valence-corrected chi connectivity index (χ4v) is 2.80. The van der Waals surface area contributed by atoms with Crippen LogP contribution in [0.2, 0.25) is 0 Å². The molecule has 3 nitrogen and oxygen atoms in total. The summed E-state index contributed by atoms with van der Waals surface area (Å²) in [6.45, 7) is 4.11. The van der Waals surface area contributed by atoms with Gasteiger partial charge in [-0.2, -0.15) is 0 Å². The molecule has 0 bridgehead atoms. The van der Waals surface area contributed by atoms with Gasteiger partial charge in [-0.25, -0.2) is 0 Å². The first-order valence-electron chi connectivity index (χ1n) is 7.45. The van der Waals surface area contributed by atoms with Crippen LogP contribution >= 0.6 is 0 Å². The molecule has 0 radical (unpaired) electrons. The second-order valence-corrected chi connectivity index (χ2v) is 5.11. The maximum absolute atomic E-state index is 8.79. The molecule has 0 aromatic heterocycles. The number of hydrogen-bond acceptors (Lipinski definition) is 3. The molecule has 0 saturated heterocycles. The molecule has 0 fully saturated rings. The molecule has 1 aromatic rings. The summed E-state index contributed by atoms with van der Waals surface area (Å²) in [5.74, 6) is 1.04. The van der Waals surface area contributed by atoms with Gasteiger partial charge in [-0.15, -0.1) is 0 Å². The molecule has 1 unspecified atom stereocenters. The number of benzene rings is 1. The van der Waals surface area contributed by atoms with Crippen LogP contribution in [0.5, 0.6) is 5.75 Å². The van der Waals surface area contributed by atoms with E-state index in [4.69, 9.17) is 9.84 Å². The minimum absolute atomic E-state index is 0.249. The molecule has 3 heteroatoms. The zero-order valence-electron chi connectivity index (χ0n) is 11.8. The predicted molar refractivity (Wildman–Crippen MR) is 77.6 cm³/mol. The fraction of sp³-hybridized carbons (Fsp3) is 0.625. The standard InChI is InChI=1S/C16H25NO2/c1-2-17-15-9-5-8-14-13(15)7-6-10-16(14)19-12-4-3-11-18/h6-7,10,15,17-18H,2-5,8-9,11-12H2,1H3. The van der Waals surface area contributed by atoms with Crippen LogP contribution in [0.3, 0.4) is 0 Å². The van der Waals surface area contributed by atoms with Gasteiger partial charge in [0.1, 0.15) is 5.75 Å². The zero-order valence-corrected chi connectivity index (χ0v) is 11.8. The number of hydrogen-bond donors (Lipinski definition) is 2. The minimum Gasteiger partial charge on any atom is -0.493 e. The first kappa shape index (κ1) is 14.4. The molecule has 0 saturated carbocycles. The van der Waals surface area contributed by atoms with Gasteiger partial charge in [-0.3, -0.25) is 0 Å². The monoisotopic (exact) mass is 263 g/mol. The highest BCUT2D eigenvalue weighted by atomic mass is 16.5. The van der Waals surface area contributed by atoms with Gasteiger partial charge >= 0.3 is 0 Å². The lowest BCUT2D eigenvalue weighted by molar-refractivity contribution is 0.251. The van der Waals surface area contributed by atoms with Crippen LogP contribution in [0.15, 0.2) is 18.2 Å². The number of nitrogens with one attached hydrogen (secondary N) is 1. The van der Waals surface area contributed by atoms with Crippen LogP contribution in [0.1, 0.15) is 49.8 Å². The van der Waals surface area contributed by atoms with Gasteiger partial charge in [0.25, 0.3) is 0 Å². The second kappa shape index (κ2) is 7.51. The average Bonchev–Trinajstić information content (AvgIpc) is 2.44. The summed E-state index contributed by atoms with van der Waals surface area (Å²) in [6, 6.07) is 6.87. The maximum Gasteiger partial charge on any atom is 0.122 e. The third kappa shape index (κ3) is 3.71. The Morgan fingerprint density at radius 1 is 1.37 bits per heavy atom. The van der Waals surface area contributed by atoms with Gasteiger partial charge in [0.2, 0.25) is 0 Å². The first-order chi connectivity index (χ1) is 9.36. The molecule has 2 rings (SSSR count). The van der Waals surface area contributed by atoms with Crippen LogP contribution in [0, 0.1) is 0 Å². The van der Waals surface area contributed by atoms with Crippen LogP contribution in [0.4, 0.5) is 0 Å². The highest BCUT2D eigenvalue weighted by molar-refractivity contribution is 5.43. The van der Waals surface area contributed by atoms with Gasteiger partial charge < -0.3 is 15.2 Å². The van der Waals surface area contributed by atoms with E-state index in [9.17, 15) is 0 Å². The van der Waals surface area contributed by atoms with E-state index in [1.165, 1.54) is 24.0 Å². The quantitative estimate of drug-likeness (QED) is 0.743. The van der Waals surface area contributed by atoms with Gasteiger partial charge in [0.05, 0.1) is 6.61 Å². The van der Waals surface area contributed by atoms with Crippen molar-refractivity contribution in [3.63, 3.8) is 0 Å². The van der Waals surface area contributed by atoms with E-state index in [2.05, 4.69) is 30.4 Å². The molecule has 0 amide bonds. The van der Waals surface area contributed by atoms with E-state index in [0.717, 1.165) is 31.6 Å². The number of aliphatic hydroxyl groups excluding tert-OH is 1. The van der Waals surface area contributed by atoms with Crippen molar-refractivity contribution >= 4 is 0 Å². The maximum atomic E-state index is 8.79. The lowest BCUT2D eigenvalue weighted by Crippen LogP contribution is -2.25. The first-order valence-corrected chi connectivity index (χ1v) is 7.45. The molecule has 19 heavy (non-hydrogen) atoms. The third-order valence-electron chi connectivity index (χ3n) is 3.72. The fourth-order valence-electron chi connectivity index (χ4n) is 2.80. The molecule has 0 heterocycles. The zero-order chi connectivity index (χ0) is 13.5. The normalized spacial score (nSPS) is 18.1. The van der Waals surface area contributed by atoms with Crippen molar-refractivity contribution in [2.45, 2.75) is 45.1 Å². The Balaban J connectivity index is 2.06. The van der Waals surface area contributed by atoms with Crippen molar-refractivity contribution < 1.29 is 9.84 Å². The SMILES string of the molecule is CCNC1CCCc2c(OCCCCO)cccc21. The third-order valence-corrected chi connectivity index (χ3v) is 3.72. The minimum atomic E-state index is 0.249. The summed E-state index contributed by atoms with van der Waals surface area (Å²) in [4.78, 5) is 0. The van der Waals surface area contributed by atoms with Crippen LogP contribution < -0.4 is 10.1 Å². The lowest BCUT2D eigenvalue weighted by Gasteiger charge is -2.27. The molecular formula is C16H25NO2. The van der Waals surface area contributed by atoms with Crippen molar-refractivity contribution in [3.8, 4) is 5.75 Å². The Hall–Kier alpha value is -1.06. The molecule has 0 aliphatic heterocycles. The van der Waals surface area contributed by atoms with Gasteiger partial charge in [-0.05, 0) is 55.8 Å². The smallest absolute Gasteiger partial charge is 0.122 e. The number of aliphatic hydroxyl groups is 1. The Bertz CT molecular complexity index is 392. The van der Waals surface area contributed by atoms with Gasteiger partial charge in [0.15, 0.2) is 0 Å². The number of fused-ring (bicyclic) bond motifs is 1. The highest BCUT2D eigenvalue weighted by Crippen LogP contribution is 2.35. The van der Waals surface area contributed by atoms with Crippen molar-refractivity contribution in [1.82, 2.24) is 5.32 Å². The van der Waals surface area contributed by atoms with Gasteiger partial charge in [0, 0.05) is 12.6 Å². The second-order valence-electron chi connectivity index (χ2n) is 5.11. The Kier molecular flexibility index (Phi) is 5.67. The summed E-state index contributed by atoms with van der Waals surface area (Å²) in [7, 11) is 0. The number of ether oxygens (including phenoxy) is 1. The van der Waals surface area contributed by atoms with Crippen molar-refractivity contribution in [2.24, 2.45) is 0 Å². The van der Waals surface area contributed by atoms with E-state index in [-0.39, 0.29) is 6.61 Å². The average molecular weight is 263 g/mol. The largest absolute Gasteiger partial charge is 0.493 e. The molecule has 1 aliphatic carbocycles. The molecule has 2 N–H and O–H groups in total. The van der Waals surface area contributed by atoms with E-state index in [0.29, 0.717) is 12.6 Å². The van der Waals surface area contributed by atoms with Crippen molar-refractivity contribution in [1.29, 1.82) is 0 Å². The van der Waals surface area contributed by atoms with E-state index in [1.807, 2.05) is 0 Å². The molecular weight excluding hydrogens is 238 g/mol. The van der Waals surface area contributed by atoms with Crippen LogP contribution in [-0.2, 0) is 6.42 Å². The van der Waals surface area contributed by atoms with E-state index in [1.54, 1.807) is 0 Å². The number of unbranched alkanes of at least 4 members (excludes halogenated alkanes) is 1. The summed E-state index contributed by atoms with van der Waals surface area (Å²) in [5, 5.41) is 12.3. The molecule has 0 spiro atoms. The summed E-state index contributed by atoms with van der Waals surface area (Å²) >= 11 is 0. The highest BCUT2D eigenvalue weighted by Gasteiger charge is 2.21. The Morgan fingerprint density at radius 3 is 3.05 bits per heavy atom. The lowest BCUT2D eigenvalue weighted by atomic mass is 9.87. The molecule has 1 aliphatic rings. The van der Waals surface area contributed by atoms with E-state index >= 15 is 0 Å².